The minimum atomic E-state index is -3.63. The number of rotatable bonds is 7. The summed E-state index contributed by atoms with van der Waals surface area (Å²) in [6.45, 7) is 1.92. The van der Waals surface area contributed by atoms with Crippen LogP contribution in [0, 0.1) is 0 Å². The molecule has 1 saturated heterocycles. The normalized spacial score (nSPS) is 17.2. The summed E-state index contributed by atoms with van der Waals surface area (Å²) in [5.74, 6) is -0.277. The first kappa shape index (κ1) is 18.6. The molecule has 1 aliphatic heterocycles. The molecule has 3 N–H and O–H groups in total. The lowest BCUT2D eigenvalue weighted by Gasteiger charge is -2.13. The fourth-order valence-corrected chi connectivity index (χ4v) is 4.23. The van der Waals surface area contributed by atoms with Gasteiger partial charge >= 0.3 is 0 Å². The van der Waals surface area contributed by atoms with Crippen molar-refractivity contribution in [1.82, 2.24) is 15.4 Å². The third kappa shape index (κ3) is 4.91. The minimum absolute atomic E-state index is 0.108. The number of amides is 1. The Morgan fingerprint density at radius 2 is 1.92 bits per heavy atom. The van der Waals surface area contributed by atoms with Gasteiger partial charge in [-0.3, -0.25) is 4.79 Å². The lowest BCUT2D eigenvalue weighted by atomic mass is 10.1. The van der Waals surface area contributed by atoms with Gasteiger partial charge in [0.15, 0.2) is 0 Å². The number of hydrogen-bond acceptors (Lipinski definition) is 4. The fraction of sp³-hybridized carbons (Fsp3) is 0.316. The highest BCUT2D eigenvalue weighted by Gasteiger charge is 2.23. The molecule has 26 heavy (non-hydrogen) atoms. The molecule has 1 fully saturated rings. The summed E-state index contributed by atoms with van der Waals surface area (Å²) in [5, 5.41) is 5.96. The van der Waals surface area contributed by atoms with E-state index in [1.54, 1.807) is 12.1 Å². The smallest absolute Gasteiger partial charge is 0.251 e. The van der Waals surface area contributed by atoms with Crippen LogP contribution >= 0.6 is 0 Å². The number of carbonyl (C=O) groups is 1. The highest BCUT2D eigenvalue weighted by molar-refractivity contribution is 7.89. The van der Waals surface area contributed by atoms with E-state index in [-0.39, 0.29) is 16.8 Å². The SMILES string of the molecule is O=C(NCCc1ccccc1)c1cccc(S(=O)(=O)N[C@@H]2CCNC2)c1. The van der Waals surface area contributed by atoms with E-state index in [2.05, 4.69) is 15.4 Å². The molecule has 2 aromatic rings. The van der Waals surface area contributed by atoms with Crippen LogP contribution in [0.5, 0.6) is 0 Å². The van der Waals surface area contributed by atoms with Gasteiger partial charge in [0.2, 0.25) is 10.0 Å². The quantitative estimate of drug-likeness (QED) is 0.683. The predicted molar refractivity (Wildman–Crippen MR) is 101 cm³/mol. The molecular formula is C19H23N3O3S. The van der Waals surface area contributed by atoms with Gasteiger partial charge in [-0.2, -0.15) is 0 Å². The van der Waals surface area contributed by atoms with Gasteiger partial charge in [0, 0.05) is 24.7 Å². The predicted octanol–water partition coefficient (Wildman–Crippen LogP) is 1.30. The van der Waals surface area contributed by atoms with E-state index in [9.17, 15) is 13.2 Å². The Balaban J connectivity index is 1.61. The Kier molecular flexibility index (Phi) is 6.03. The molecule has 0 spiro atoms. The van der Waals surface area contributed by atoms with Gasteiger partial charge in [0.05, 0.1) is 4.90 Å². The van der Waals surface area contributed by atoms with E-state index >= 15 is 0 Å². The molecule has 7 heteroatoms. The summed E-state index contributed by atoms with van der Waals surface area (Å²) in [5.41, 5.74) is 1.48. The highest BCUT2D eigenvalue weighted by Crippen LogP contribution is 2.13. The summed E-state index contributed by atoms with van der Waals surface area (Å²) < 4.78 is 27.7. The maximum Gasteiger partial charge on any atom is 0.251 e. The summed E-state index contributed by atoms with van der Waals surface area (Å²) in [6, 6.07) is 15.9. The Labute approximate surface area is 154 Å². The zero-order valence-corrected chi connectivity index (χ0v) is 15.3. The number of hydrogen-bond donors (Lipinski definition) is 3. The van der Waals surface area contributed by atoms with Gasteiger partial charge in [-0.25, -0.2) is 13.1 Å². The molecule has 1 heterocycles. The summed E-state index contributed by atoms with van der Waals surface area (Å²) >= 11 is 0. The van der Waals surface area contributed by atoms with Crippen LogP contribution in [0.15, 0.2) is 59.5 Å². The molecule has 1 atom stereocenters. The Hall–Kier alpha value is -2.22. The molecular weight excluding hydrogens is 350 g/mol. The monoisotopic (exact) mass is 373 g/mol. The lowest BCUT2D eigenvalue weighted by molar-refractivity contribution is 0.0954. The zero-order valence-electron chi connectivity index (χ0n) is 14.4. The van der Waals surface area contributed by atoms with Gasteiger partial charge in [-0.1, -0.05) is 36.4 Å². The Bertz CT molecular complexity index is 847. The molecule has 0 saturated carbocycles. The molecule has 3 rings (SSSR count). The van der Waals surface area contributed by atoms with Gasteiger partial charge in [0.25, 0.3) is 5.91 Å². The van der Waals surface area contributed by atoms with Crippen LogP contribution in [0.25, 0.3) is 0 Å². The van der Waals surface area contributed by atoms with Crippen molar-refractivity contribution in [3.05, 3.63) is 65.7 Å². The molecule has 2 aromatic carbocycles. The fourth-order valence-electron chi connectivity index (χ4n) is 2.91. The van der Waals surface area contributed by atoms with Gasteiger partial charge < -0.3 is 10.6 Å². The van der Waals surface area contributed by atoms with Gasteiger partial charge in [-0.05, 0) is 43.1 Å². The van der Waals surface area contributed by atoms with Crippen molar-refractivity contribution < 1.29 is 13.2 Å². The van der Waals surface area contributed by atoms with E-state index in [4.69, 9.17) is 0 Å². The van der Waals surface area contributed by atoms with Crippen molar-refractivity contribution in [1.29, 1.82) is 0 Å². The zero-order chi connectivity index (χ0) is 18.4. The summed E-state index contributed by atoms with van der Waals surface area (Å²) in [7, 11) is -3.63. The van der Waals surface area contributed by atoms with Crippen molar-refractivity contribution in [3.63, 3.8) is 0 Å². The molecule has 0 unspecified atom stereocenters. The average molecular weight is 373 g/mol. The van der Waals surface area contributed by atoms with E-state index in [1.807, 2.05) is 30.3 Å². The second-order valence-corrected chi connectivity index (χ2v) is 8.04. The first-order chi connectivity index (χ1) is 12.5. The molecule has 138 valence electrons. The number of nitrogens with one attached hydrogen (secondary N) is 3. The molecule has 1 amide bonds. The molecule has 0 aliphatic carbocycles. The van der Waals surface area contributed by atoms with Crippen LogP contribution < -0.4 is 15.4 Å². The lowest BCUT2D eigenvalue weighted by Crippen LogP contribution is -2.36. The number of benzene rings is 2. The van der Waals surface area contributed by atoms with Crippen molar-refractivity contribution in [2.75, 3.05) is 19.6 Å². The van der Waals surface area contributed by atoms with E-state index < -0.39 is 10.0 Å². The standard InChI is InChI=1S/C19H23N3O3S/c23-19(21-12-9-15-5-2-1-3-6-15)16-7-4-8-18(13-16)26(24,25)22-17-10-11-20-14-17/h1-8,13,17,20,22H,9-12,14H2,(H,21,23)/t17-/m1/s1. The largest absolute Gasteiger partial charge is 0.352 e. The summed E-state index contributed by atoms with van der Waals surface area (Å²) in [4.78, 5) is 12.4. The molecule has 0 radical (unpaired) electrons. The maximum atomic E-state index is 12.5. The van der Waals surface area contributed by atoms with E-state index in [0.29, 0.717) is 18.7 Å². The van der Waals surface area contributed by atoms with Gasteiger partial charge in [0.1, 0.15) is 0 Å². The topological polar surface area (TPSA) is 87.3 Å². The van der Waals surface area contributed by atoms with Gasteiger partial charge in [-0.15, -0.1) is 0 Å². The Morgan fingerprint density at radius 1 is 1.12 bits per heavy atom. The van der Waals surface area contributed by atoms with Crippen LogP contribution in [0.3, 0.4) is 0 Å². The molecule has 0 bridgehead atoms. The Morgan fingerprint density at radius 3 is 2.65 bits per heavy atom. The second kappa shape index (κ2) is 8.44. The first-order valence-electron chi connectivity index (χ1n) is 8.70. The third-order valence-corrected chi connectivity index (χ3v) is 5.85. The van der Waals surface area contributed by atoms with Crippen molar-refractivity contribution >= 4 is 15.9 Å². The molecule has 6 nitrogen and oxygen atoms in total. The van der Waals surface area contributed by atoms with Crippen LogP contribution in [0.2, 0.25) is 0 Å². The van der Waals surface area contributed by atoms with Crippen LogP contribution in [-0.2, 0) is 16.4 Å². The van der Waals surface area contributed by atoms with Crippen LogP contribution in [-0.4, -0.2) is 40.0 Å². The van der Waals surface area contributed by atoms with Crippen molar-refractivity contribution in [2.24, 2.45) is 0 Å². The summed E-state index contributed by atoms with van der Waals surface area (Å²) in [6.07, 6.45) is 1.49. The van der Waals surface area contributed by atoms with Crippen molar-refractivity contribution in [2.45, 2.75) is 23.8 Å². The first-order valence-corrected chi connectivity index (χ1v) is 10.2. The second-order valence-electron chi connectivity index (χ2n) is 6.33. The van der Waals surface area contributed by atoms with Crippen molar-refractivity contribution in [3.8, 4) is 0 Å². The third-order valence-electron chi connectivity index (χ3n) is 4.33. The maximum absolute atomic E-state index is 12.5. The minimum Gasteiger partial charge on any atom is -0.352 e. The van der Waals surface area contributed by atoms with E-state index in [0.717, 1.165) is 24.9 Å². The highest BCUT2D eigenvalue weighted by atomic mass is 32.2. The molecule has 1 aliphatic rings. The van der Waals surface area contributed by atoms with Crippen LogP contribution in [0.1, 0.15) is 22.3 Å². The number of sulfonamides is 1. The van der Waals surface area contributed by atoms with E-state index in [1.165, 1.54) is 12.1 Å². The number of carbonyl (C=O) groups excluding carboxylic acids is 1. The van der Waals surface area contributed by atoms with Crippen LogP contribution in [0.4, 0.5) is 0 Å². The average Bonchev–Trinajstić information content (AvgIpc) is 3.15. The molecule has 0 aromatic heterocycles.